The number of phenols is 1. The molecule has 0 bridgehead atoms. The van der Waals surface area contributed by atoms with Crippen LogP contribution in [0.4, 0.5) is 0 Å². The first kappa shape index (κ1) is 10.3. The minimum atomic E-state index is -0.383. The Morgan fingerprint density at radius 1 is 1.57 bits per heavy atom. The van der Waals surface area contributed by atoms with Crippen LogP contribution in [0.5, 0.6) is 11.5 Å². The first-order chi connectivity index (χ1) is 6.63. The number of aromatic hydroxyl groups is 1. The van der Waals surface area contributed by atoms with Crippen LogP contribution >= 0.6 is 0 Å². The van der Waals surface area contributed by atoms with Gasteiger partial charge >= 0.3 is 0 Å². The van der Waals surface area contributed by atoms with Crippen LogP contribution in [-0.4, -0.2) is 23.7 Å². The van der Waals surface area contributed by atoms with Crippen molar-refractivity contribution >= 4 is 0 Å². The minimum Gasteiger partial charge on any atom is -0.508 e. The van der Waals surface area contributed by atoms with Crippen molar-refractivity contribution in [2.45, 2.75) is 6.42 Å². The highest BCUT2D eigenvalue weighted by atomic mass is 16.6. The highest BCUT2D eigenvalue weighted by Crippen LogP contribution is 2.23. The number of rotatable bonds is 4. The zero-order chi connectivity index (χ0) is 10.6. The second-order valence-electron chi connectivity index (χ2n) is 2.80. The molecule has 0 unspecified atom stereocenters. The average Bonchev–Trinajstić information content (AvgIpc) is 2.15. The third kappa shape index (κ3) is 2.62. The standard InChI is InChI=1S/C9H11NO4/c1-14-9-6-8(11)3-2-7(9)4-5-10(12)13/h2-3,6,11H,4-5H2,1H3. The molecule has 0 heterocycles. The molecule has 0 atom stereocenters. The van der Waals surface area contributed by atoms with Crippen molar-refractivity contribution in [3.63, 3.8) is 0 Å². The second-order valence-corrected chi connectivity index (χ2v) is 2.80. The van der Waals surface area contributed by atoms with E-state index in [1.807, 2.05) is 0 Å². The van der Waals surface area contributed by atoms with Gasteiger partial charge in [-0.3, -0.25) is 10.1 Å². The van der Waals surface area contributed by atoms with Crippen molar-refractivity contribution in [2.24, 2.45) is 0 Å². The molecule has 76 valence electrons. The monoisotopic (exact) mass is 197 g/mol. The maximum atomic E-state index is 10.2. The molecule has 1 aromatic carbocycles. The predicted molar refractivity (Wildman–Crippen MR) is 50.2 cm³/mol. The van der Waals surface area contributed by atoms with Gasteiger partial charge in [0, 0.05) is 23.0 Å². The third-order valence-electron chi connectivity index (χ3n) is 1.83. The molecule has 0 radical (unpaired) electrons. The van der Waals surface area contributed by atoms with E-state index in [0.717, 1.165) is 5.56 Å². The normalized spacial score (nSPS) is 9.79. The number of nitro groups is 1. The van der Waals surface area contributed by atoms with Gasteiger partial charge in [0.25, 0.3) is 0 Å². The van der Waals surface area contributed by atoms with Crippen molar-refractivity contribution in [3.05, 3.63) is 33.9 Å². The van der Waals surface area contributed by atoms with Gasteiger partial charge in [0.05, 0.1) is 7.11 Å². The molecule has 1 N–H and O–H groups in total. The van der Waals surface area contributed by atoms with Gasteiger partial charge in [-0.2, -0.15) is 0 Å². The lowest BCUT2D eigenvalue weighted by molar-refractivity contribution is -0.479. The summed E-state index contributed by atoms with van der Waals surface area (Å²) in [5.41, 5.74) is 0.724. The fourth-order valence-corrected chi connectivity index (χ4v) is 1.15. The van der Waals surface area contributed by atoms with Crippen LogP contribution in [0.3, 0.4) is 0 Å². The number of hydrogen-bond donors (Lipinski definition) is 1. The van der Waals surface area contributed by atoms with E-state index in [2.05, 4.69) is 0 Å². The highest BCUT2D eigenvalue weighted by Gasteiger charge is 2.06. The molecule has 1 aromatic rings. The van der Waals surface area contributed by atoms with E-state index in [-0.39, 0.29) is 17.2 Å². The summed E-state index contributed by atoms with van der Waals surface area (Å²) < 4.78 is 4.98. The Bertz CT molecular complexity index is 338. The SMILES string of the molecule is COc1cc(O)ccc1CC[N+](=O)[O-]. The number of ether oxygens (including phenoxy) is 1. The molecule has 0 aliphatic rings. The lowest BCUT2D eigenvalue weighted by Gasteiger charge is -2.06. The molecule has 0 fully saturated rings. The van der Waals surface area contributed by atoms with Crippen LogP contribution in [0.2, 0.25) is 0 Å². The van der Waals surface area contributed by atoms with Gasteiger partial charge in [0.1, 0.15) is 11.5 Å². The Labute approximate surface area is 81.1 Å². The molecule has 0 amide bonds. The van der Waals surface area contributed by atoms with Crippen LogP contribution < -0.4 is 4.74 Å². The molecule has 0 saturated carbocycles. The summed E-state index contributed by atoms with van der Waals surface area (Å²) in [7, 11) is 1.46. The fourth-order valence-electron chi connectivity index (χ4n) is 1.15. The summed E-state index contributed by atoms with van der Waals surface area (Å²) in [5.74, 6) is 0.568. The van der Waals surface area contributed by atoms with Gasteiger partial charge in [-0.05, 0) is 6.07 Å². The number of phenolic OH excluding ortho intramolecular Hbond substituents is 1. The first-order valence-corrected chi connectivity index (χ1v) is 4.11. The van der Waals surface area contributed by atoms with Crippen LogP contribution in [0.15, 0.2) is 18.2 Å². The average molecular weight is 197 g/mol. The van der Waals surface area contributed by atoms with Gasteiger partial charge in [-0.15, -0.1) is 0 Å². The topological polar surface area (TPSA) is 72.6 Å². The summed E-state index contributed by atoms with van der Waals surface area (Å²) in [5, 5.41) is 19.3. The van der Waals surface area contributed by atoms with Crippen molar-refractivity contribution in [1.82, 2.24) is 0 Å². The highest BCUT2D eigenvalue weighted by molar-refractivity contribution is 5.40. The lowest BCUT2D eigenvalue weighted by Crippen LogP contribution is -2.05. The zero-order valence-electron chi connectivity index (χ0n) is 7.77. The summed E-state index contributed by atoms with van der Waals surface area (Å²) in [6.07, 6.45) is 0.302. The van der Waals surface area contributed by atoms with E-state index in [9.17, 15) is 10.1 Å². The van der Waals surface area contributed by atoms with E-state index >= 15 is 0 Å². The molecule has 0 aliphatic heterocycles. The molecule has 5 heteroatoms. The molecule has 0 spiro atoms. The molecule has 5 nitrogen and oxygen atoms in total. The molecule has 1 rings (SSSR count). The van der Waals surface area contributed by atoms with E-state index in [1.54, 1.807) is 6.07 Å². The Kier molecular flexibility index (Phi) is 3.28. The quantitative estimate of drug-likeness (QED) is 0.581. The number of benzene rings is 1. The zero-order valence-corrected chi connectivity index (χ0v) is 7.77. The van der Waals surface area contributed by atoms with Crippen LogP contribution in [0.25, 0.3) is 0 Å². The van der Waals surface area contributed by atoms with Crippen LogP contribution in [0.1, 0.15) is 5.56 Å². The Morgan fingerprint density at radius 3 is 2.86 bits per heavy atom. The number of methoxy groups -OCH3 is 1. The summed E-state index contributed by atoms with van der Waals surface area (Å²) in [4.78, 5) is 9.77. The van der Waals surface area contributed by atoms with Crippen LogP contribution in [-0.2, 0) is 6.42 Å². The maximum absolute atomic E-state index is 10.2. The van der Waals surface area contributed by atoms with Crippen molar-refractivity contribution in [3.8, 4) is 11.5 Å². The first-order valence-electron chi connectivity index (χ1n) is 4.11. The summed E-state index contributed by atoms with van der Waals surface area (Å²) in [6, 6.07) is 4.55. The molecule has 14 heavy (non-hydrogen) atoms. The number of hydrogen-bond acceptors (Lipinski definition) is 4. The largest absolute Gasteiger partial charge is 0.508 e. The third-order valence-corrected chi connectivity index (χ3v) is 1.83. The predicted octanol–water partition coefficient (Wildman–Crippen LogP) is 1.22. The molecule has 0 saturated heterocycles. The smallest absolute Gasteiger partial charge is 0.208 e. The van der Waals surface area contributed by atoms with Gasteiger partial charge in [0.2, 0.25) is 6.54 Å². The van der Waals surface area contributed by atoms with E-state index in [1.165, 1.54) is 19.2 Å². The number of nitrogens with zero attached hydrogens (tertiary/aromatic N) is 1. The Hall–Kier alpha value is -1.78. The fraction of sp³-hybridized carbons (Fsp3) is 0.333. The summed E-state index contributed by atoms with van der Waals surface area (Å²) >= 11 is 0. The summed E-state index contributed by atoms with van der Waals surface area (Å²) in [6.45, 7) is -0.138. The van der Waals surface area contributed by atoms with Crippen molar-refractivity contribution < 1.29 is 14.8 Å². The van der Waals surface area contributed by atoms with E-state index < -0.39 is 0 Å². The molecule has 0 aliphatic carbocycles. The van der Waals surface area contributed by atoms with Crippen molar-refractivity contribution in [1.29, 1.82) is 0 Å². The molecular formula is C9H11NO4. The van der Waals surface area contributed by atoms with E-state index in [4.69, 9.17) is 9.84 Å². The van der Waals surface area contributed by atoms with Gasteiger partial charge in [-0.1, -0.05) is 6.07 Å². The Morgan fingerprint density at radius 2 is 2.29 bits per heavy atom. The van der Waals surface area contributed by atoms with Gasteiger partial charge < -0.3 is 9.84 Å². The van der Waals surface area contributed by atoms with E-state index in [0.29, 0.717) is 12.2 Å². The molecule has 0 aromatic heterocycles. The minimum absolute atomic E-state index is 0.0895. The second kappa shape index (κ2) is 4.45. The maximum Gasteiger partial charge on any atom is 0.208 e. The Balaban J connectivity index is 2.80. The lowest BCUT2D eigenvalue weighted by atomic mass is 10.1. The molecular weight excluding hydrogens is 186 g/mol. The van der Waals surface area contributed by atoms with Gasteiger partial charge in [-0.25, -0.2) is 0 Å². The van der Waals surface area contributed by atoms with Crippen LogP contribution in [0, 0.1) is 10.1 Å². The van der Waals surface area contributed by atoms with Crippen molar-refractivity contribution in [2.75, 3.05) is 13.7 Å². The van der Waals surface area contributed by atoms with Gasteiger partial charge in [0.15, 0.2) is 0 Å².